The molecular weight excluding hydrogens is 288 g/mol. The lowest BCUT2D eigenvalue weighted by atomic mass is 9.69. The van der Waals surface area contributed by atoms with Crippen molar-refractivity contribution in [1.29, 1.82) is 0 Å². The molecule has 3 nitrogen and oxygen atoms in total. The van der Waals surface area contributed by atoms with Crippen molar-refractivity contribution >= 4 is 5.97 Å². The minimum atomic E-state index is -0.598. The van der Waals surface area contributed by atoms with Crippen molar-refractivity contribution in [2.75, 3.05) is 7.11 Å². The van der Waals surface area contributed by atoms with E-state index < -0.39 is 11.2 Å². The number of benzene rings is 1. The fraction of sp³-hybridized carbons (Fsp3) is 0.550. The van der Waals surface area contributed by atoms with E-state index in [0.717, 1.165) is 5.56 Å². The second-order valence-corrected chi connectivity index (χ2v) is 7.24. The van der Waals surface area contributed by atoms with Crippen LogP contribution in [0.3, 0.4) is 0 Å². The molecule has 0 spiro atoms. The number of carbonyl (C=O) groups is 1. The highest BCUT2D eigenvalue weighted by molar-refractivity contribution is 5.74. The van der Waals surface area contributed by atoms with Crippen LogP contribution in [0.5, 0.6) is 0 Å². The molecule has 0 aromatic heterocycles. The Morgan fingerprint density at radius 1 is 1.30 bits per heavy atom. The fourth-order valence-corrected chi connectivity index (χ4v) is 3.27. The van der Waals surface area contributed by atoms with E-state index >= 15 is 0 Å². The maximum Gasteiger partial charge on any atom is 0.310 e. The molecule has 1 saturated carbocycles. The van der Waals surface area contributed by atoms with Gasteiger partial charge in [-0.05, 0) is 45.6 Å². The first kappa shape index (κ1) is 17.6. The number of esters is 1. The molecule has 1 aromatic carbocycles. The van der Waals surface area contributed by atoms with Crippen molar-refractivity contribution in [3.63, 3.8) is 0 Å². The summed E-state index contributed by atoms with van der Waals surface area (Å²) in [5.41, 5.74) is 0.0268. The summed E-state index contributed by atoms with van der Waals surface area (Å²) >= 11 is 0. The van der Waals surface area contributed by atoms with Crippen LogP contribution in [0.4, 0.5) is 0 Å². The van der Waals surface area contributed by atoms with Crippen molar-refractivity contribution in [3.8, 4) is 12.3 Å². The van der Waals surface area contributed by atoms with Crippen LogP contribution in [-0.2, 0) is 14.3 Å². The maximum atomic E-state index is 12.7. The summed E-state index contributed by atoms with van der Waals surface area (Å²) in [6.07, 6.45) is 7.70. The number of ether oxygens (including phenoxy) is 2. The Labute approximate surface area is 139 Å². The first-order valence-corrected chi connectivity index (χ1v) is 8.11. The summed E-state index contributed by atoms with van der Waals surface area (Å²) in [4.78, 5) is 12.7. The van der Waals surface area contributed by atoms with Gasteiger partial charge in [-0.2, -0.15) is 0 Å². The summed E-state index contributed by atoms with van der Waals surface area (Å²) in [5.74, 6) is 2.48. The zero-order valence-electron chi connectivity index (χ0n) is 14.5. The van der Waals surface area contributed by atoms with Gasteiger partial charge in [0.25, 0.3) is 0 Å². The molecule has 0 N–H and O–H groups in total. The molecule has 124 valence electrons. The van der Waals surface area contributed by atoms with Gasteiger partial charge in [0.05, 0.1) is 5.92 Å². The number of carbonyl (C=O) groups excluding carboxylic acids is 1. The maximum absolute atomic E-state index is 12.7. The van der Waals surface area contributed by atoms with Crippen molar-refractivity contribution in [2.45, 2.75) is 57.2 Å². The second-order valence-electron chi connectivity index (χ2n) is 7.24. The molecule has 0 aliphatic heterocycles. The van der Waals surface area contributed by atoms with Gasteiger partial charge in [0.1, 0.15) is 11.2 Å². The van der Waals surface area contributed by atoms with Gasteiger partial charge in [-0.1, -0.05) is 36.3 Å². The van der Waals surface area contributed by atoms with Crippen LogP contribution in [-0.4, -0.2) is 24.3 Å². The molecule has 0 radical (unpaired) electrons. The van der Waals surface area contributed by atoms with Gasteiger partial charge in [0.2, 0.25) is 0 Å². The van der Waals surface area contributed by atoms with Gasteiger partial charge in [0, 0.05) is 13.0 Å². The zero-order chi connectivity index (χ0) is 17.1. The van der Waals surface area contributed by atoms with E-state index in [-0.39, 0.29) is 17.8 Å². The standard InChI is InChI=1S/C20H26O3/c1-6-20(22-5)13-12-16(18(21)23-19(2,3)4)17(14-20)15-10-8-7-9-11-15/h1,7-11,16-17H,12-14H2,2-5H3/t16-,17+,20?/m1/s1. The molecule has 1 fully saturated rings. The zero-order valence-corrected chi connectivity index (χ0v) is 14.5. The average Bonchev–Trinajstić information content (AvgIpc) is 2.53. The predicted octanol–water partition coefficient (Wildman–Crippen LogP) is 3.93. The Kier molecular flexibility index (Phi) is 5.16. The highest BCUT2D eigenvalue weighted by Gasteiger charge is 2.44. The highest BCUT2D eigenvalue weighted by atomic mass is 16.6. The summed E-state index contributed by atoms with van der Waals surface area (Å²) in [6.45, 7) is 5.68. The predicted molar refractivity (Wildman–Crippen MR) is 90.9 cm³/mol. The third-order valence-corrected chi connectivity index (χ3v) is 4.49. The molecule has 1 aliphatic rings. The van der Waals surface area contributed by atoms with E-state index in [0.29, 0.717) is 19.3 Å². The molecule has 0 heterocycles. The largest absolute Gasteiger partial charge is 0.460 e. The topological polar surface area (TPSA) is 35.5 Å². The van der Waals surface area contributed by atoms with Crippen molar-refractivity contribution in [2.24, 2.45) is 5.92 Å². The van der Waals surface area contributed by atoms with Crippen LogP contribution in [0.15, 0.2) is 30.3 Å². The molecule has 0 saturated heterocycles. The normalized spacial score (nSPS) is 28.0. The molecule has 1 unspecified atom stereocenters. The van der Waals surface area contributed by atoms with Gasteiger partial charge in [-0.25, -0.2) is 0 Å². The van der Waals surface area contributed by atoms with Crippen molar-refractivity contribution < 1.29 is 14.3 Å². The SMILES string of the molecule is C#CC1(OC)CC[C@@H](C(=O)OC(C)(C)C)[C@H](c2ccccc2)C1. The minimum Gasteiger partial charge on any atom is -0.460 e. The lowest BCUT2D eigenvalue weighted by Gasteiger charge is -2.41. The number of rotatable bonds is 3. The van der Waals surface area contributed by atoms with Crippen LogP contribution in [0.2, 0.25) is 0 Å². The molecule has 1 aliphatic carbocycles. The van der Waals surface area contributed by atoms with Gasteiger partial charge < -0.3 is 9.47 Å². The Morgan fingerprint density at radius 2 is 1.96 bits per heavy atom. The summed E-state index contributed by atoms with van der Waals surface area (Å²) in [6, 6.07) is 10.0. The summed E-state index contributed by atoms with van der Waals surface area (Å²) < 4.78 is 11.3. The van der Waals surface area contributed by atoms with E-state index in [1.54, 1.807) is 7.11 Å². The Bertz CT molecular complexity index is 579. The quantitative estimate of drug-likeness (QED) is 0.626. The third-order valence-electron chi connectivity index (χ3n) is 4.49. The monoisotopic (exact) mass is 314 g/mol. The van der Waals surface area contributed by atoms with Gasteiger partial charge >= 0.3 is 5.97 Å². The third kappa shape index (κ3) is 4.14. The van der Waals surface area contributed by atoms with E-state index in [9.17, 15) is 4.79 Å². The number of terminal acetylenes is 1. The van der Waals surface area contributed by atoms with E-state index in [1.807, 2.05) is 51.1 Å². The second kappa shape index (κ2) is 6.76. The molecule has 1 aromatic rings. The lowest BCUT2D eigenvalue weighted by molar-refractivity contribution is -0.163. The molecule has 0 bridgehead atoms. The van der Waals surface area contributed by atoms with E-state index in [1.165, 1.54) is 0 Å². The van der Waals surface area contributed by atoms with Crippen LogP contribution in [0.25, 0.3) is 0 Å². The van der Waals surface area contributed by atoms with Crippen LogP contribution >= 0.6 is 0 Å². The van der Waals surface area contributed by atoms with E-state index in [4.69, 9.17) is 15.9 Å². The molecule has 2 rings (SSSR count). The summed E-state index contributed by atoms with van der Waals surface area (Å²) in [7, 11) is 1.65. The Morgan fingerprint density at radius 3 is 2.48 bits per heavy atom. The first-order valence-electron chi connectivity index (χ1n) is 8.11. The lowest BCUT2D eigenvalue weighted by Crippen LogP contribution is -2.42. The summed E-state index contributed by atoms with van der Waals surface area (Å²) in [5, 5.41) is 0. The van der Waals surface area contributed by atoms with Gasteiger partial charge in [0.15, 0.2) is 0 Å². The minimum absolute atomic E-state index is 0.01000. The van der Waals surface area contributed by atoms with Gasteiger partial charge in [-0.3, -0.25) is 4.79 Å². The average molecular weight is 314 g/mol. The molecular formula is C20H26O3. The number of hydrogen-bond acceptors (Lipinski definition) is 3. The van der Waals surface area contributed by atoms with Crippen molar-refractivity contribution in [3.05, 3.63) is 35.9 Å². The number of methoxy groups -OCH3 is 1. The first-order chi connectivity index (χ1) is 10.8. The smallest absolute Gasteiger partial charge is 0.310 e. The van der Waals surface area contributed by atoms with Gasteiger partial charge in [-0.15, -0.1) is 6.42 Å². The highest BCUT2D eigenvalue weighted by Crippen LogP contribution is 2.44. The van der Waals surface area contributed by atoms with E-state index in [2.05, 4.69) is 5.92 Å². The Balaban J connectivity index is 2.31. The molecule has 3 heteroatoms. The van der Waals surface area contributed by atoms with Crippen LogP contribution in [0, 0.1) is 18.3 Å². The van der Waals surface area contributed by atoms with Crippen molar-refractivity contribution in [1.82, 2.24) is 0 Å². The van der Waals surface area contributed by atoms with Crippen LogP contribution < -0.4 is 0 Å². The molecule has 23 heavy (non-hydrogen) atoms. The van der Waals surface area contributed by atoms with Crippen LogP contribution in [0.1, 0.15) is 51.5 Å². The number of hydrogen-bond donors (Lipinski definition) is 0. The molecule has 0 amide bonds. The Hall–Kier alpha value is -1.79. The molecule has 3 atom stereocenters. The fourth-order valence-electron chi connectivity index (χ4n) is 3.27.